The van der Waals surface area contributed by atoms with Crippen molar-refractivity contribution in [3.05, 3.63) is 48.5 Å². The lowest BCUT2D eigenvalue weighted by Gasteiger charge is -2.33. The van der Waals surface area contributed by atoms with E-state index in [-0.39, 0.29) is 0 Å². The number of nitrogens with one attached hydrogen (secondary N) is 2. The molecule has 14 heteroatoms. The Morgan fingerprint density at radius 2 is 0.938 bits per heavy atom. The smallest absolute Gasteiger partial charge is 0.347 e. The third-order valence-electron chi connectivity index (χ3n) is 4.43. The molecule has 0 radical (unpaired) electrons. The average Bonchev–Trinajstić information content (AvgIpc) is 2.84. The summed E-state index contributed by atoms with van der Waals surface area (Å²) in [6.45, 7) is 0. The number of benzene rings is 2. The molecular formula is C18H28N5O6P3. The normalized spacial score (nSPS) is 23.8. The van der Waals surface area contributed by atoms with Gasteiger partial charge in [-0.3, -0.25) is 0 Å². The largest absolute Gasteiger partial charge is 0.497 e. The molecule has 2 atom stereocenters. The molecule has 2 N–H and O–H groups in total. The van der Waals surface area contributed by atoms with E-state index < -0.39 is 22.8 Å². The number of methoxy groups -OCH3 is 2. The Bertz CT molecular complexity index is 1030. The van der Waals surface area contributed by atoms with Gasteiger partial charge in [-0.25, -0.2) is 0 Å². The number of nitrogens with zero attached hydrogens (tertiary/aromatic N) is 3. The third-order valence-corrected chi connectivity index (χ3v) is 13.2. The van der Waals surface area contributed by atoms with Crippen molar-refractivity contribution in [2.75, 3.05) is 52.8 Å². The molecule has 0 aromatic heterocycles. The van der Waals surface area contributed by atoms with Gasteiger partial charge in [-0.05, 0) is 48.5 Å². The van der Waals surface area contributed by atoms with Gasteiger partial charge in [-0.15, -0.1) is 9.03 Å². The Kier molecular flexibility index (Phi) is 8.06. The zero-order valence-corrected chi connectivity index (χ0v) is 21.4. The van der Waals surface area contributed by atoms with Gasteiger partial charge in [0.15, 0.2) is 0 Å². The van der Waals surface area contributed by atoms with Crippen LogP contribution in [0.3, 0.4) is 0 Å². The molecular weight excluding hydrogens is 475 g/mol. The Balaban J connectivity index is 2.13. The van der Waals surface area contributed by atoms with Gasteiger partial charge < -0.3 is 37.7 Å². The van der Waals surface area contributed by atoms with Gasteiger partial charge in [0.2, 0.25) is 0 Å². The maximum absolute atomic E-state index is 5.86. The maximum atomic E-state index is 5.86. The van der Waals surface area contributed by atoms with E-state index in [4.69, 9.17) is 41.1 Å². The van der Waals surface area contributed by atoms with Crippen molar-refractivity contribution < 1.29 is 27.6 Å². The van der Waals surface area contributed by atoms with E-state index in [0.717, 1.165) is 22.9 Å². The van der Waals surface area contributed by atoms with Crippen molar-refractivity contribution in [3.8, 4) is 11.5 Å². The van der Waals surface area contributed by atoms with Crippen LogP contribution in [0, 0.1) is 0 Å². The summed E-state index contributed by atoms with van der Waals surface area (Å²) in [6.07, 6.45) is 0. The molecule has 11 nitrogen and oxygen atoms in total. The fourth-order valence-electron chi connectivity index (χ4n) is 2.74. The van der Waals surface area contributed by atoms with Crippen LogP contribution in [0.5, 0.6) is 11.5 Å². The zero-order chi connectivity index (χ0) is 23.2. The molecule has 3 rings (SSSR count). The lowest BCUT2D eigenvalue weighted by molar-refractivity contribution is 0.328. The molecule has 0 bridgehead atoms. The molecule has 0 amide bonds. The first-order chi connectivity index (χ1) is 15.4. The maximum Gasteiger partial charge on any atom is 0.347 e. The van der Waals surface area contributed by atoms with Crippen LogP contribution in [-0.2, 0) is 18.1 Å². The van der Waals surface area contributed by atoms with E-state index >= 15 is 0 Å². The van der Waals surface area contributed by atoms with Gasteiger partial charge in [0.05, 0.1) is 14.2 Å². The van der Waals surface area contributed by atoms with Crippen LogP contribution >= 0.6 is 22.8 Å². The van der Waals surface area contributed by atoms with Crippen molar-refractivity contribution in [2.24, 2.45) is 13.5 Å². The van der Waals surface area contributed by atoms with E-state index in [1.807, 2.05) is 48.5 Å². The second-order valence-corrected chi connectivity index (χ2v) is 13.5. The first-order valence-electron chi connectivity index (χ1n) is 9.38. The van der Waals surface area contributed by atoms with Gasteiger partial charge in [0.1, 0.15) is 11.5 Å². The van der Waals surface area contributed by atoms with Crippen LogP contribution in [0.1, 0.15) is 0 Å². The highest BCUT2D eigenvalue weighted by Gasteiger charge is 2.39. The van der Waals surface area contributed by atoms with Crippen molar-refractivity contribution in [1.82, 2.24) is 0 Å². The first-order valence-corrected chi connectivity index (χ1v) is 14.1. The van der Waals surface area contributed by atoms with E-state index in [9.17, 15) is 0 Å². The highest BCUT2D eigenvalue weighted by molar-refractivity contribution is 7.82. The summed E-state index contributed by atoms with van der Waals surface area (Å²) in [5.41, 5.74) is 1.47. The predicted octanol–water partition coefficient (Wildman–Crippen LogP) is 6.67. The Morgan fingerprint density at radius 1 is 0.531 bits per heavy atom. The second kappa shape index (κ2) is 10.4. The zero-order valence-electron chi connectivity index (χ0n) is 18.8. The molecule has 0 saturated carbocycles. The van der Waals surface area contributed by atoms with Gasteiger partial charge in [0.25, 0.3) is 0 Å². The summed E-state index contributed by atoms with van der Waals surface area (Å²) >= 11 is 0. The van der Waals surface area contributed by atoms with Gasteiger partial charge in [-0.2, -0.15) is 4.52 Å². The standard InChI is InChI=1S/C18H28N5O6P3/c1-24-17-11-7-15(8-12-17)19-30(26-3)21-31(27-4,23-32(22-30,28-5)29-6)20-16-9-13-18(25-2)14-10-16/h7-14,19-20H,1-6H3/t30-,31+. The van der Waals surface area contributed by atoms with Crippen LogP contribution in [0.2, 0.25) is 0 Å². The molecule has 1 aliphatic heterocycles. The van der Waals surface area contributed by atoms with Crippen molar-refractivity contribution in [3.63, 3.8) is 0 Å². The third kappa shape index (κ3) is 5.38. The molecule has 1 aliphatic rings. The summed E-state index contributed by atoms with van der Waals surface area (Å²) in [4.78, 5) is 0. The molecule has 176 valence electrons. The van der Waals surface area contributed by atoms with E-state index in [0.29, 0.717) is 0 Å². The van der Waals surface area contributed by atoms with Crippen LogP contribution in [0.15, 0.2) is 62.1 Å². The summed E-state index contributed by atoms with van der Waals surface area (Å²) in [5, 5.41) is 6.61. The minimum Gasteiger partial charge on any atom is -0.497 e. The highest BCUT2D eigenvalue weighted by atomic mass is 31.3. The van der Waals surface area contributed by atoms with Crippen LogP contribution in [0.25, 0.3) is 0 Å². The van der Waals surface area contributed by atoms with E-state index in [2.05, 4.69) is 10.2 Å². The topological polar surface area (TPSA) is 117 Å². The molecule has 0 unspecified atom stereocenters. The SMILES string of the molecule is COc1ccc(N[P@@]2(OC)=N[P@](Nc3ccc(OC)cc3)(OC)=NP(OC)(OC)=N2)cc1. The predicted molar refractivity (Wildman–Crippen MR) is 129 cm³/mol. The fraction of sp³-hybridized carbons (Fsp3) is 0.333. The first kappa shape index (κ1) is 24.8. The fourth-order valence-corrected chi connectivity index (χ4v) is 12.3. The summed E-state index contributed by atoms with van der Waals surface area (Å²) < 4.78 is 47.8. The minimum atomic E-state index is -3.10. The van der Waals surface area contributed by atoms with Gasteiger partial charge in [-0.1, -0.05) is 0 Å². The molecule has 32 heavy (non-hydrogen) atoms. The Morgan fingerprint density at radius 3 is 1.28 bits per heavy atom. The molecule has 0 aliphatic carbocycles. The number of anilines is 2. The number of ether oxygens (including phenoxy) is 2. The highest BCUT2D eigenvalue weighted by Crippen LogP contribution is 2.78. The Labute approximate surface area is 188 Å². The average molecular weight is 503 g/mol. The molecule has 0 spiro atoms. The lowest BCUT2D eigenvalue weighted by Crippen LogP contribution is -2.06. The molecule has 0 fully saturated rings. The van der Waals surface area contributed by atoms with E-state index in [1.54, 1.807) is 14.2 Å². The summed E-state index contributed by atoms with van der Waals surface area (Å²) in [6, 6.07) is 14.7. The monoisotopic (exact) mass is 503 g/mol. The van der Waals surface area contributed by atoms with Gasteiger partial charge >= 0.3 is 22.8 Å². The number of rotatable bonds is 10. The van der Waals surface area contributed by atoms with Gasteiger partial charge in [0, 0.05) is 39.8 Å². The van der Waals surface area contributed by atoms with Crippen LogP contribution in [0.4, 0.5) is 11.4 Å². The minimum absolute atomic E-state index is 0.725. The number of hydrogen-bond donors (Lipinski definition) is 2. The van der Waals surface area contributed by atoms with Crippen molar-refractivity contribution in [2.45, 2.75) is 0 Å². The van der Waals surface area contributed by atoms with Crippen LogP contribution < -0.4 is 19.6 Å². The molecule has 1 heterocycles. The number of hydrogen-bond acceptors (Lipinski definition) is 11. The lowest BCUT2D eigenvalue weighted by atomic mass is 10.3. The molecule has 2 aromatic carbocycles. The van der Waals surface area contributed by atoms with Crippen molar-refractivity contribution >= 4 is 34.2 Å². The quantitative estimate of drug-likeness (QED) is 0.346. The Hall–Kier alpha value is -1.83. The molecule has 0 saturated heterocycles. The molecule has 2 aromatic rings. The second-order valence-electron chi connectivity index (χ2n) is 6.26. The summed E-state index contributed by atoms with van der Waals surface area (Å²) in [5.74, 6) is 1.45. The van der Waals surface area contributed by atoms with Crippen molar-refractivity contribution in [1.29, 1.82) is 0 Å². The van der Waals surface area contributed by atoms with E-state index in [1.165, 1.54) is 28.4 Å². The summed E-state index contributed by atoms with van der Waals surface area (Å²) in [7, 11) is 0.0349. The van der Waals surface area contributed by atoms with Crippen LogP contribution in [-0.4, -0.2) is 42.7 Å².